The molecule has 2 fully saturated rings. The number of thiophene rings is 1. The highest BCUT2D eigenvalue weighted by Crippen LogP contribution is 2.27. The molecule has 0 aromatic carbocycles. The monoisotopic (exact) mass is 418 g/mol. The third-order valence-corrected chi connectivity index (χ3v) is 6.69. The lowest BCUT2D eigenvalue weighted by Crippen LogP contribution is -2.56. The quantitative estimate of drug-likeness (QED) is 0.751. The van der Waals surface area contributed by atoms with E-state index in [0.717, 1.165) is 68.5 Å². The van der Waals surface area contributed by atoms with Gasteiger partial charge in [-0.15, -0.1) is 11.3 Å². The molecule has 0 bridgehead atoms. The second-order valence-electron chi connectivity index (χ2n) is 8.29. The summed E-state index contributed by atoms with van der Waals surface area (Å²) in [5.74, 6) is 1.11. The first-order chi connectivity index (χ1) is 14.0. The number of hydrogen-bond acceptors (Lipinski definition) is 8. The van der Waals surface area contributed by atoms with Crippen LogP contribution in [0.15, 0.2) is 17.8 Å². The van der Waals surface area contributed by atoms with Crippen molar-refractivity contribution in [2.75, 3.05) is 70.5 Å². The Morgan fingerprint density at radius 2 is 1.93 bits per heavy atom. The fourth-order valence-corrected chi connectivity index (χ4v) is 4.73. The Balaban J connectivity index is 1.24. The van der Waals surface area contributed by atoms with Crippen LogP contribution in [0.4, 0.5) is 5.82 Å². The number of anilines is 1. The summed E-state index contributed by atoms with van der Waals surface area (Å²) in [5, 5.41) is 6.31. The molecule has 0 unspecified atom stereocenters. The number of fused-ring (bicyclic) bond motifs is 1. The van der Waals surface area contributed by atoms with Crippen LogP contribution in [-0.4, -0.2) is 96.8 Å². The van der Waals surface area contributed by atoms with Gasteiger partial charge < -0.3 is 15.0 Å². The van der Waals surface area contributed by atoms with E-state index in [1.54, 1.807) is 17.7 Å². The standard InChI is InChI=1S/C20H30N6O2S/c1-20(2,26-8-10-28-11-9-26)14-21-17(27)13-24-4-6-25(7-5-24)18-16-3-12-29-19(16)23-15-22-18/h3,12,15H,4-11,13-14H2,1-2H3,(H,21,27). The SMILES string of the molecule is CC(C)(CNC(=O)CN1CCN(c2ncnc3sccc23)CC1)N1CCOCC1. The van der Waals surface area contributed by atoms with Gasteiger partial charge >= 0.3 is 0 Å². The first kappa shape index (κ1) is 20.5. The van der Waals surface area contributed by atoms with Crippen molar-refractivity contribution >= 4 is 33.3 Å². The van der Waals surface area contributed by atoms with E-state index in [-0.39, 0.29) is 11.4 Å². The van der Waals surface area contributed by atoms with Crippen LogP contribution in [0.25, 0.3) is 10.2 Å². The molecule has 1 amide bonds. The van der Waals surface area contributed by atoms with Crippen molar-refractivity contribution in [3.8, 4) is 0 Å². The predicted molar refractivity (Wildman–Crippen MR) is 116 cm³/mol. The van der Waals surface area contributed by atoms with Gasteiger partial charge in [0.05, 0.1) is 25.1 Å². The summed E-state index contributed by atoms with van der Waals surface area (Å²) in [4.78, 5) is 29.3. The third-order valence-electron chi connectivity index (χ3n) is 5.87. The smallest absolute Gasteiger partial charge is 0.234 e. The van der Waals surface area contributed by atoms with E-state index in [1.807, 2.05) is 0 Å². The van der Waals surface area contributed by atoms with E-state index in [2.05, 4.69) is 55.3 Å². The summed E-state index contributed by atoms with van der Waals surface area (Å²) in [7, 11) is 0. The third kappa shape index (κ3) is 4.85. The van der Waals surface area contributed by atoms with E-state index < -0.39 is 0 Å². The Morgan fingerprint density at radius 3 is 2.69 bits per heavy atom. The molecule has 2 saturated heterocycles. The Kier molecular flexibility index (Phi) is 6.29. The van der Waals surface area contributed by atoms with Gasteiger partial charge in [0.1, 0.15) is 17.0 Å². The average molecular weight is 419 g/mol. The number of nitrogens with one attached hydrogen (secondary N) is 1. The molecule has 1 N–H and O–H groups in total. The summed E-state index contributed by atoms with van der Waals surface area (Å²) in [6, 6.07) is 2.09. The molecule has 4 heterocycles. The van der Waals surface area contributed by atoms with Crippen LogP contribution in [0.2, 0.25) is 0 Å². The van der Waals surface area contributed by atoms with Gasteiger partial charge in [-0.1, -0.05) is 0 Å². The van der Waals surface area contributed by atoms with Crippen LogP contribution in [-0.2, 0) is 9.53 Å². The molecule has 8 nitrogen and oxygen atoms in total. The van der Waals surface area contributed by atoms with Crippen LogP contribution in [0.1, 0.15) is 13.8 Å². The largest absolute Gasteiger partial charge is 0.379 e. The average Bonchev–Trinajstić information content (AvgIpc) is 3.23. The van der Waals surface area contributed by atoms with Crippen molar-refractivity contribution < 1.29 is 9.53 Å². The maximum Gasteiger partial charge on any atom is 0.234 e. The summed E-state index contributed by atoms with van der Waals surface area (Å²) in [6.45, 7) is 12.3. The van der Waals surface area contributed by atoms with Gasteiger partial charge in [-0.25, -0.2) is 9.97 Å². The van der Waals surface area contributed by atoms with Crippen LogP contribution in [0.5, 0.6) is 0 Å². The van der Waals surface area contributed by atoms with Crippen LogP contribution in [0, 0.1) is 0 Å². The topological polar surface area (TPSA) is 73.8 Å². The number of rotatable bonds is 6. The van der Waals surface area contributed by atoms with E-state index >= 15 is 0 Å². The predicted octanol–water partition coefficient (Wildman–Crippen LogP) is 1.04. The van der Waals surface area contributed by atoms with E-state index in [1.165, 1.54) is 0 Å². The highest BCUT2D eigenvalue weighted by Gasteiger charge is 2.29. The lowest BCUT2D eigenvalue weighted by atomic mass is 10.0. The minimum atomic E-state index is -0.0585. The summed E-state index contributed by atoms with van der Waals surface area (Å²) < 4.78 is 5.43. The molecule has 0 atom stereocenters. The lowest BCUT2D eigenvalue weighted by Gasteiger charge is -2.41. The van der Waals surface area contributed by atoms with Crippen molar-refractivity contribution in [3.63, 3.8) is 0 Å². The first-order valence-corrected chi connectivity index (χ1v) is 11.2. The minimum absolute atomic E-state index is 0.0585. The number of ether oxygens (including phenoxy) is 1. The van der Waals surface area contributed by atoms with Gasteiger partial charge in [0.25, 0.3) is 0 Å². The molecule has 0 aliphatic carbocycles. The number of piperazine rings is 1. The fourth-order valence-electron chi connectivity index (χ4n) is 4.00. The summed E-state index contributed by atoms with van der Waals surface area (Å²) in [6.07, 6.45) is 1.64. The van der Waals surface area contributed by atoms with Crippen LogP contribution in [0.3, 0.4) is 0 Å². The molecule has 9 heteroatoms. The van der Waals surface area contributed by atoms with Gasteiger partial charge in [0, 0.05) is 51.4 Å². The zero-order chi connectivity index (χ0) is 20.3. The molecule has 2 aromatic heterocycles. The molecule has 2 aliphatic rings. The van der Waals surface area contributed by atoms with Gasteiger partial charge in [-0.3, -0.25) is 14.6 Å². The van der Waals surface area contributed by atoms with Crippen LogP contribution < -0.4 is 10.2 Å². The number of carbonyl (C=O) groups excluding carboxylic acids is 1. The van der Waals surface area contributed by atoms with Crippen molar-refractivity contribution in [2.45, 2.75) is 19.4 Å². The molecular weight excluding hydrogens is 388 g/mol. The maximum atomic E-state index is 12.5. The highest BCUT2D eigenvalue weighted by atomic mass is 32.1. The van der Waals surface area contributed by atoms with Gasteiger partial charge in [0.15, 0.2) is 0 Å². The van der Waals surface area contributed by atoms with Crippen molar-refractivity contribution in [1.29, 1.82) is 0 Å². The number of amides is 1. The number of carbonyl (C=O) groups is 1. The number of morpholine rings is 1. The molecule has 2 aromatic rings. The van der Waals surface area contributed by atoms with Gasteiger partial charge in [0.2, 0.25) is 5.91 Å². The summed E-state index contributed by atoms with van der Waals surface area (Å²) >= 11 is 1.64. The van der Waals surface area contributed by atoms with E-state index in [0.29, 0.717) is 13.1 Å². The zero-order valence-corrected chi connectivity index (χ0v) is 18.1. The maximum absolute atomic E-state index is 12.5. The second-order valence-corrected chi connectivity index (χ2v) is 9.18. The molecule has 0 saturated carbocycles. The van der Waals surface area contributed by atoms with Crippen molar-refractivity contribution in [2.24, 2.45) is 0 Å². The fraction of sp³-hybridized carbons (Fsp3) is 0.650. The van der Waals surface area contributed by atoms with E-state index in [4.69, 9.17) is 4.74 Å². The minimum Gasteiger partial charge on any atom is -0.379 e. The van der Waals surface area contributed by atoms with E-state index in [9.17, 15) is 4.79 Å². The first-order valence-electron chi connectivity index (χ1n) is 10.3. The molecule has 29 heavy (non-hydrogen) atoms. The summed E-state index contributed by atoms with van der Waals surface area (Å²) in [5.41, 5.74) is -0.0585. The molecule has 2 aliphatic heterocycles. The lowest BCUT2D eigenvalue weighted by molar-refractivity contribution is -0.123. The molecular formula is C20H30N6O2S. The zero-order valence-electron chi connectivity index (χ0n) is 17.3. The second kappa shape index (κ2) is 8.91. The number of nitrogens with zero attached hydrogens (tertiary/aromatic N) is 5. The van der Waals surface area contributed by atoms with Gasteiger partial charge in [-0.05, 0) is 25.3 Å². The molecule has 4 rings (SSSR count). The Morgan fingerprint density at radius 1 is 1.17 bits per heavy atom. The molecule has 0 radical (unpaired) electrons. The van der Waals surface area contributed by atoms with Crippen molar-refractivity contribution in [1.82, 2.24) is 25.1 Å². The van der Waals surface area contributed by atoms with Crippen molar-refractivity contribution in [3.05, 3.63) is 17.8 Å². The molecule has 158 valence electrons. The van der Waals surface area contributed by atoms with Gasteiger partial charge in [-0.2, -0.15) is 0 Å². The Bertz CT molecular complexity index is 827. The van der Waals surface area contributed by atoms with Crippen LogP contribution >= 0.6 is 11.3 Å². The number of hydrogen-bond donors (Lipinski definition) is 1. The highest BCUT2D eigenvalue weighted by molar-refractivity contribution is 7.16. The normalized spacial score (nSPS) is 19.6. The Labute approximate surface area is 175 Å². The number of aromatic nitrogens is 2. The molecule has 0 spiro atoms. The Hall–Kier alpha value is -1.81.